The molecule has 24 heavy (non-hydrogen) atoms. The van der Waals surface area contributed by atoms with Crippen LogP contribution in [0.5, 0.6) is 0 Å². The molecular formula is C15H19F2N5O2. The minimum absolute atomic E-state index is 0.136. The summed E-state index contributed by atoms with van der Waals surface area (Å²) in [6, 6.07) is 2.17. The number of anilines is 2. The van der Waals surface area contributed by atoms with Gasteiger partial charge in [0.15, 0.2) is 0 Å². The molecule has 1 aromatic heterocycles. The van der Waals surface area contributed by atoms with E-state index in [1.807, 2.05) is 19.0 Å². The van der Waals surface area contributed by atoms with Gasteiger partial charge in [0, 0.05) is 18.8 Å². The standard InChI is InChI=1S/C15H19F2N5O2/c1-21(2)8-12(23)9-22-7-11(6-18-22)19-15(24)20-14-4-3-10(16)5-13(14)17/h3-7,12,23H,8-9H2,1-2H3,(H2,19,20,24). The van der Waals surface area contributed by atoms with E-state index in [0.29, 0.717) is 18.3 Å². The number of aliphatic hydroxyl groups is 1. The maximum Gasteiger partial charge on any atom is 0.323 e. The number of likely N-dealkylation sites (N-methyl/N-ethyl adjacent to an activating group) is 1. The largest absolute Gasteiger partial charge is 0.390 e. The zero-order valence-electron chi connectivity index (χ0n) is 13.3. The summed E-state index contributed by atoms with van der Waals surface area (Å²) < 4.78 is 27.8. The molecule has 2 amide bonds. The number of aromatic nitrogens is 2. The fraction of sp³-hybridized carbons (Fsp3) is 0.333. The monoisotopic (exact) mass is 339 g/mol. The molecule has 0 aliphatic carbocycles. The Labute approximate surface area is 137 Å². The minimum Gasteiger partial charge on any atom is -0.390 e. The molecule has 9 heteroatoms. The first-order chi connectivity index (χ1) is 11.3. The summed E-state index contributed by atoms with van der Waals surface area (Å²) in [4.78, 5) is 13.7. The number of rotatable bonds is 6. The molecule has 0 radical (unpaired) electrons. The first kappa shape index (κ1) is 17.8. The Balaban J connectivity index is 1.90. The lowest BCUT2D eigenvalue weighted by atomic mass is 10.3. The van der Waals surface area contributed by atoms with E-state index in [1.165, 1.54) is 10.9 Å². The van der Waals surface area contributed by atoms with E-state index in [2.05, 4.69) is 15.7 Å². The Bertz CT molecular complexity index is 705. The molecule has 2 aromatic rings. The van der Waals surface area contributed by atoms with Crippen molar-refractivity contribution in [2.24, 2.45) is 0 Å². The molecule has 130 valence electrons. The number of amides is 2. The third-order valence-corrected chi connectivity index (χ3v) is 3.04. The minimum atomic E-state index is -0.868. The third kappa shape index (κ3) is 5.28. The molecule has 0 spiro atoms. The van der Waals surface area contributed by atoms with Crippen LogP contribution in [0.15, 0.2) is 30.6 Å². The molecule has 0 aliphatic heterocycles. The Morgan fingerprint density at radius 1 is 1.38 bits per heavy atom. The molecule has 0 fully saturated rings. The average molecular weight is 339 g/mol. The van der Waals surface area contributed by atoms with Gasteiger partial charge < -0.3 is 20.6 Å². The van der Waals surface area contributed by atoms with Crippen molar-refractivity contribution in [1.29, 1.82) is 0 Å². The molecule has 1 heterocycles. The van der Waals surface area contributed by atoms with Crippen molar-refractivity contribution in [1.82, 2.24) is 14.7 Å². The summed E-state index contributed by atoms with van der Waals surface area (Å²) in [6.07, 6.45) is 2.34. The van der Waals surface area contributed by atoms with Gasteiger partial charge in [-0.2, -0.15) is 5.10 Å². The van der Waals surface area contributed by atoms with Crippen LogP contribution >= 0.6 is 0 Å². The number of hydrogen-bond donors (Lipinski definition) is 3. The fourth-order valence-electron chi connectivity index (χ4n) is 2.10. The molecule has 0 saturated carbocycles. The van der Waals surface area contributed by atoms with E-state index in [4.69, 9.17) is 0 Å². The highest BCUT2D eigenvalue weighted by atomic mass is 19.1. The first-order valence-corrected chi connectivity index (χ1v) is 7.22. The van der Waals surface area contributed by atoms with Crippen LogP contribution in [0.2, 0.25) is 0 Å². The molecule has 0 saturated heterocycles. The highest BCUT2D eigenvalue weighted by molar-refractivity contribution is 5.99. The normalized spacial score (nSPS) is 12.2. The van der Waals surface area contributed by atoms with E-state index < -0.39 is 23.8 Å². The molecule has 0 bridgehead atoms. The second kappa shape index (κ2) is 7.84. The summed E-state index contributed by atoms with van der Waals surface area (Å²) in [7, 11) is 3.69. The Hall–Kier alpha value is -2.52. The molecule has 1 atom stereocenters. The van der Waals surface area contributed by atoms with Crippen molar-refractivity contribution in [3.8, 4) is 0 Å². The zero-order chi connectivity index (χ0) is 17.7. The molecule has 7 nitrogen and oxygen atoms in total. The van der Waals surface area contributed by atoms with Crippen molar-refractivity contribution < 1.29 is 18.7 Å². The van der Waals surface area contributed by atoms with Crippen LogP contribution in [0.4, 0.5) is 25.0 Å². The predicted octanol–water partition coefficient (Wildman–Crippen LogP) is 1.73. The number of halogens is 2. The number of benzene rings is 1. The van der Waals surface area contributed by atoms with Crippen LogP contribution in [0, 0.1) is 11.6 Å². The van der Waals surface area contributed by atoms with E-state index in [-0.39, 0.29) is 12.2 Å². The topological polar surface area (TPSA) is 82.4 Å². The van der Waals surface area contributed by atoms with Gasteiger partial charge in [-0.15, -0.1) is 0 Å². The number of nitrogens with one attached hydrogen (secondary N) is 2. The molecule has 0 aliphatic rings. The Morgan fingerprint density at radius 2 is 2.12 bits per heavy atom. The number of carbonyl (C=O) groups excluding carboxylic acids is 1. The van der Waals surface area contributed by atoms with Crippen molar-refractivity contribution in [3.05, 3.63) is 42.2 Å². The van der Waals surface area contributed by atoms with E-state index in [0.717, 1.165) is 12.1 Å². The SMILES string of the molecule is CN(C)CC(O)Cn1cc(NC(=O)Nc2ccc(F)cc2F)cn1. The third-order valence-electron chi connectivity index (χ3n) is 3.04. The lowest BCUT2D eigenvalue weighted by Crippen LogP contribution is -2.29. The van der Waals surface area contributed by atoms with Gasteiger partial charge in [-0.25, -0.2) is 13.6 Å². The number of nitrogens with zero attached hydrogens (tertiary/aromatic N) is 3. The van der Waals surface area contributed by atoms with Gasteiger partial charge in [-0.05, 0) is 26.2 Å². The van der Waals surface area contributed by atoms with E-state index in [9.17, 15) is 18.7 Å². The van der Waals surface area contributed by atoms with Crippen LogP contribution in [0.25, 0.3) is 0 Å². The maximum absolute atomic E-state index is 13.5. The fourth-order valence-corrected chi connectivity index (χ4v) is 2.10. The van der Waals surface area contributed by atoms with Gasteiger partial charge in [-0.3, -0.25) is 4.68 Å². The van der Waals surface area contributed by atoms with Gasteiger partial charge in [0.05, 0.1) is 30.2 Å². The second-order valence-electron chi connectivity index (χ2n) is 5.57. The molecular weight excluding hydrogens is 320 g/mol. The van der Waals surface area contributed by atoms with Crippen LogP contribution in [0.1, 0.15) is 0 Å². The zero-order valence-corrected chi connectivity index (χ0v) is 13.3. The Kier molecular flexibility index (Phi) is 5.83. The van der Waals surface area contributed by atoms with Crippen LogP contribution in [-0.4, -0.2) is 52.6 Å². The lowest BCUT2D eigenvalue weighted by molar-refractivity contribution is 0.116. The van der Waals surface area contributed by atoms with E-state index in [1.54, 1.807) is 6.20 Å². The maximum atomic E-state index is 13.5. The highest BCUT2D eigenvalue weighted by Crippen LogP contribution is 2.15. The van der Waals surface area contributed by atoms with Crippen molar-refractivity contribution >= 4 is 17.4 Å². The molecule has 1 unspecified atom stereocenters. The summed E-state index contributed by atoms with van der Waals surface area (Å²) in [5.41, 5.74) is 0.245. The molecule has 3 N–H and O–H groups in total. The summed E-state index contributed by atoms with van der Waals surface area (Å²) >= 11 is 0. The Morgan fingerprint density at radius 3 is 2.79 bits per heavy atom. The lowest BCUT2D eigenvalue weighted by Gasteiger charge is -2.15. The quantitative estimate of drug-likeness (QED) is 0.748. The van der Waals surface area contributed by atoms with Crippen molar-refractivity contribution in [2.75, 3.05) is 31.3 Å². The van der Waals surface area contributed by atoms with Gasteiger partial charge in [-0.1, -0.05) is 0 Å². The summed E-state index contributed by atoms with van der Waals surface area (Å²) in [5, 5.41) is 18.6. The second-order valence-corrected chi connectivity index (χ2v) is 5.57. The number of carbonyl (C=O) groups is 1. The van der Waals surface area contributed by atoms with Gasteiger partial charge >= 0.3 is 6.03 Å². The van der Waals surface area contributed by atoms with Crippen molar-refractivity contribution in [3.63, 3.8) is 0 Å². The predicted molar refractivity (Wildman–Crippen MR) is 85.8 cm³/mol. The molecule has 2 rings (SSSR count). The summed E-state index contributed by atoms with van der Waals surface area (Å²) in [6.45, 7) is 0.751. The smallest absolute Gasteiger partial charge is 0.323 e. The van der Waals surface area contributed by atoms with Crippen LogP contribution < -0.4 is 10.6 Å². The number of aliphatic hydroxyl groups excluding tert-OH is 1. The van der Waals surface area contributed by atoms with Crippen LogP contribution in [0.3, 0.4) is 0 Å². The highest BCUT2D eigenvalue weighted by Gasteiger charge is 2.11. The molecule has 1 aromatic carbocycles. The van der Waals surface area contributed by atoms with E-state index >= 15 is 0 Å². The van der Waals surface area contributed by atoms with Crippen molar-refractivity contribution in [2.45, 2.75) is 12.6 Å². The van der Waals surface area contributed by atoms with Gasteiger partial charge in [0.2, 0.25) is 0 Å². The van der Waals surface area contributed by atoms with Gasteiger partial charge in [0.1, 0.15) is 11.6 Å². The number of hydrogen-bond acceptors (Lipinski definition) is 4. The first-order valence-electron chi connectivity index (χ1n) is 7.22. The van der Waals surface area contributed by atoms with Crippen LogP contribution in [-0.2, 0) is 6.54 Å². The average Bonchev–Trinajstić information content (AvgIpc) is 2.88. The van der Waals surface area contributed by atoms with Gasteiger partial charge in [0.25, 0.3) is 0 Å². The summed E-state index contributed by atoms with van der Waals surface area (Å²) in [5.74, 6) is -1.59. The number of urea groups is 1.